The molecule has 1 rings (SSSR count). The molecule has 7 heteroatoms. The molecule has 0 unspecified atom stereocenters. The maximum atomic E-state index is 10.9. The Labute approximate surface area is 89.7 Å². The minimum atomic E-state index is -4.10. The Kier molecular flexibility index (Phi) is 2.90. The van der Waals surface area contributed by atoms with Crippen LogP contribution in [0.1, 0.15) is 5.56 Å². The molecule has 14 heavy (non-hydrogen) atoms. The van der Waals surface area contributed by atoms with E-state index < -0.39 is 19.7 Å². The maximum Gasteiger partial charge on any atom is 0.265 e. The van der Waals surface area contributed by atoms with Gasteiger partial charge in [0.15, 0.2) is 5.75 Å². The van der Waals surface area contributed by atoms with Crippen LogP contribution in [0.15, 0.2) is 17.0 Å². The van der Waals surface area contributed by atoms with Gasteiger partial charge in [0.2, 0.25) is 0 Å². The van der Waals surface area contributed by atoms with Crippen molar-refractivity contribution < 1.29 is 13.5 Å². The molecule has 0 spiro atoms. The van der Waals surface area contributed by atoms with Gasteiger partial charge >= 0.3 is 0 Å². The van der Waals surface area contributed by atoms with Gasteiger partial charge in [0.05, 0.1) is 16.7 Å². The van der Waals surface area contributed by atoms with Gasteiger partial charge in [0, 0.05) is 10.7 Å². The third-order valence-electron chi connectivity index (χ3n) is 1.42. The molecule has 4 nitrogen and oxygen atoms in total. The van der Waals surface area contributed by atoms with E-state index in [2.05, 4.69) is 0 Å². The minimum absolute atomic E-state index is 0.00650. The highest BCUT2D eigenvalue weighted by Gasteiger charge is 2.19. The molecule has 0 bridgehead atoms. The molecule has 0 aliphatic heterocycles. The first kappa shape index (κ1) is 11.1. The van der Waals surface area contributed by atoms with Crippen molar-refractivity contribution in [3.63, 3.8) is 0 Å². The van der Waals surface area contributed by atoms with Crippen molar-refractivity contribution in [1.29, 1.82) is 5.26 Å². The third-order valence-corrected chi connectivity index (χ3v) is 3.04. The van der Waals surface area contributed by atoms with E-state index in [9.17, 15) is 13.5 Å². The second-order valence-corrected chi connectivity index (χ2v) is 5.30. The van der Waals surface area contributed by atoms with Crippen LogP contribution in [-0.2, 0) is 9.05 Å². The molecule has 1 N–H and O–H groups in total. The predicted octanol–water partition coefficient (Wildman–Crippen LogP) is 1.84. The standard InChI is InChI=1S/C7H3Cl2NO3S/c8-5-1-4(3-10)2-6(7(5)11)14(9,12)13/h1-2,11H. The number of halogens is 2. The molecule has 0 heterocycles. The summed E-state index contributed by atoms with van der Waals surface area (Å²) in [5.41, 5.74) is 0.00650. The van der Waals surface area contributed by atoms with Gasteiger partial charge in [-0.15, -0.1) is 0 Å². The van der Waals surface area contributed by atoms with Gasteiger partial charge in [0.1, 0.15) is 4.90 Å². The monoisotopic (exact) mass is 251 g/mol. The van der Waals surface area contributed by atoms with E-state index in [4.69, 9.17) is 27.5 Å². The summed E-state index contributed by atoms with van der Waals surface area (Å²) >= 11 is 5.48. The molecule has 0 saturated carbocycles. The number of rotatable bonds is 1. The Morgan fingerprint density at radius 3 is 2.43 bits per heavy atom. The average Bonchev–Trinajstić information content (AvgIpc) is 2.07. The lowest BCUT2D eigenvalue weighted by Gasteiger charge is -2.02. The van der Waals surface area contributed by atoms with Crippen molar-refractivity contribution >= 4 is 31.3 Å². The van der Waals surface area contributed by atoms with E-state index >= 15 is 0 Å². The highest BCUT2D eigenvalue weighted by molar-refractivity contribution is 8.13. The van der Waals surface area contributed by atoms with Gasteiger partial charge in [-0.2, -0.15) is 5.26 Å². The van der Waals surface area contributed by atoms with Gasteiger partial charge in [-0.25, -0.2) is 8.42 Å². The van der Waals surface area contributed by atoms with Crippen molar-refractivity contribution in [2.75, 3.05) is 0 Å². The van der Waals surface area contributed by atoms with Gasteiger partial charge in [-0.3, -0.25) is 0 Å². The Balaban J connectivity index is 3.61. The minimum Gasteiger partial charge on any atom is -0.505 e. The van der Waals surface area contributed by atoms with Crippen LogP contribution in [0.4, 0.5) is 0 Å². The fourth-order valence-electron chi connectivity index (χ4n) is 0.824. The zero-order valence-corrected chi connectivity index (χ0v) is 8.86. The fourth-order valence-corrected chi connectivity index (χ4v) is 2.06. The van der Waals surface area contributed by atoms with Crippen molar-refractivity contribution in [3.8, 4) is 11.8 Å². The molecule has 74 valence electrons. The Hall–Kier alpha value is -0.960. The molecule has 0 saturated heterocycles. The van der Waals surface area contributed by atoms with Crippen LogP contribution in [0.25, 0.3) is 0 Å². The quantitative estimate of drug-likeness (QED) is 0.773. The first-order valence-corrected chi connectivity index (χ1v) is 5.92. The molecule has 1 aromatic rings. The first-order chi connectivity index (χ1) is 6.36. The van der Waals surface area contributed by atoms with E-state index in [0.29, 0.717) is 0 Å². The maximum absolute atomic E-state index is 10.9. The number of phenols is 1. The van der Waals surface area contributed by atoms with Crippen molar-refractivity contribution in [1.82, 2.24) is 0 Å². The zero-order chi connectivity index (χ0) is 10.9. The van der Waals surface area contributed by atoms with Gasteiger partial charge in [-0.1, -0.05) is 11.6 Å². The van der Waals surface area contributed by atoms with E-state index in [0.717, 1.165) is 12.1 Å². The van der Waals surface area contributed by atoms with Gasteiger partial charge < -0.3 is 5.11 Å². The predicted molar refractivity (Wildman–Crippen MR) is 50.9 cm³/mol. The van der Waals surface area contributed by atoms with Crippen LogP contribution in [0.2, 0.25) is 5.02 Å². The van der Waals surface area contributed by atoms with Crippen LogP contribution in [-0.4, -0.2) is 13.5 Å². The summed E-state index contributed by atoms with van der Waals surface area (Å²) in [5, 5.41) is 17.5. The van der Waals surface area contributed by atoms with E-state index in [-0.39, 0.29) is 10.6 Å². The summed E-state index contributed by atoms with van der Waals surface area (Å²) in [6, 6.07) is 3.78. The van der Waals surface area contributed by atoms with E-state index in [1.807, 2.05) is 0 Å². The van der Waals surface area contributed by atoms with E-state index in [1.54, 1.807) is 6.07 Å². The van der Waals surface area contributed by atoms with Crippen molar-refractivity contribution in [3.05, 3.63) is 22.7 Å². The molecular weight excluding hydrogens is 249 g/mol. The molecule has 0 radical (unpaired) electrons. The molecule has 0 fully saturated rings. The fraction of sp³-hybridized carbons (Fsp3) is 0. The van der Waals surface area contributed by atoms with Gasteiger partial charge in [0.25, 0.3) is 9.05 Å². The van der Waals surface area contributed by atoms with Crippen LogP contribution in [0.5, 0.6) is 5.75 Å². The number of phenolic OH excluding ortho intramolecular Hbond substituents is 1. The number of aromatic hydroxyl groups is 1. The molecule has 0 amide bonds. The first-order valence-electron chi connectivity index (χ1n) is 3.23. The lowest BCUT2D eigenvalue weighted by Crippen LogP contribution is -1.93. The number of nitrogens with zero attached hydrogens (tertiary/aromatic N) is 1. The summed E-state index contributed by atoms with van der Waals surface area (Å²) in [7, 11) is 0.907. The average molecular weight is 252 g/mol. The molecular formula is C7H3Cl2NO3S. The topological polar surface area (TPSA) is 78.2 Å². The summed E-state index contributed by atoms with van der Waals surface area (Å²) in [5.74, 6) is -0.652. The number of nitriles is 1. The second-order valence-electron chi connectivity index (χ2n) is 2.35. The number of hydrogen-bond acceptors (Lipinski definition) is 4. The summed E-state index contributed by atoms with van der Waals surface area (Å²) in [6.45, 7) is 0. The summed E-state index contributed by atoms with van der Waals surface area (Å²) < 4.78 is 21.8. The molecule has 0 aliphatic carbocycles. The lowest BCUT2D eigenvalue weighted by molar-refractivity contribution is 0.460. The zero-order valence-electron chi connectivity index (χ0n) is 6.53. The molecule has 0 aromatic heterocycles. The second kappa shape index (κ2) is 3.65. The number of benzene rings is 1. The molecule has 0 atom stereocenters. The Bertz CT molecular complexity index is 518. The van der Waals surface area contributed by atoms with Crippen molar-refractivity contribution in [2.45, 2.75) is 4.90 Å². The number of hydrogen-bond donors (Lipinski definition) is 1. The van der Waals surface area contributed by atoms with E-state index in [1.165, 1.54) is 0 Å². The normalized spacial score (nSPS) is 10.9. The summed E-state index contributed by atoms with van der Waals surface area (Å²) in [4.78, 5) is -0.566. The molecule has 0 aliphatic rings. The SMILES string of the molecule is N#Cc1cc(Cl)c(O)c(S(=O)(=O)Cl)c1. The van der Waals surface area contributed by atoms with Crippen LogP contribution in [0.3, 0.4) is 0 Å². The van der Waals surface area contributed by atoms with Crippen LogP contribution in [0, 0.1) is 11.3 Å². The Morgan fingerprint density at radius 2 is 2.00 bits per heavy atom. The summed E-state index contributed by atoms with van der Waals surface area (Å²) in [6.07, 6.45) is 0. The van der Waals surface area contributed by atoms with Crippen LogP contribution >= 0.6 is 22.3 Å². The Morgan fingerprint density at radius 1 is 1.43 bits per heavy atom. The highest BCUT2D eigenvalue weighted by atomic mass is 35.7. The smallest absolute Gasteiger partial charge is 0.265 e. The third kappa shape index (κ3) is 2.10. The lowest BCUT2D eigenvalue weighted by atomic mass is 10.2. The van der Waals surface area contributed by atoms with Crippen LogP contribution < -0.4 is 0 Å². The molecule has 1 aromatic carbocycles. The largest absolute Gasteiger partial charge is 0.505 e. The van der Waals surface area contributed by atoms with Gasteiger partial charge in [-0.05, 0) is 12.1 Å². The highest BCUT2D eigenvalue weighted by Crippen LogP contribution is 2.33. The van der Waals surface area contributed by atoms with Crippen molar-refractivity contribution in [2.24, 2.45) is 0 Å².